The molecule has 1 unspecified atom stereocenters. The molecule has 0 spiro atoms. The molecule has 0 aliphatic heterocycles. The molecule has 1 aliphatic carbocycles. The first-order valence-corrected chi connectivity index (χ1v) is 5.74. The van der Waals surface area contributed by atoms with Gasteiger partial charge in [-0.1, -0.05) is 23.7 Å². The van der Waals surface area contributed by atoms with Gasteiger partial charge in [0.1, 0.15) is 0 Å². The molecule has 4 heteroatoms. The van der Waals surface area contributed by atoms with E-state index < -0.39 is 0 Å². The van der Waals surface area contributed by atoms with E-state index in [1.165, 1.54) is 12.8 Å². The second kappa shape index (κ2) is 6.45. The number of halogens is 2. The molecule has 90 valence electrons. The molecule has 1 aliphatic rings. The summed E-state index contributed by atoms with van der Waals surface area (Å²) in [7, 11) is 0. The van der Waals surface area contributed by atoms with Gasteiger partial charge in [-0.05, 0) is 36.5 Å². The van der Waals surface area contributed by atoms with Gasteiger partial charge in [-0.25, -0.2) is 0 Å². The number of benzene rings is 1. The number of hydrogen-bond acceptors (Lipinski definition) is 2. The molecule has 1 aromatic carbocycles. The van der Waals surface area contributed by atoms with E-state index in [4.69, 9.17) is 22.1 Å². The van der Waals surface area contributed by atoms with Crippen molar-refractivity contribution in [2.75, 3.05) is 13.2 Å². The van der Waals surface area contributed by atoms with Gasteiger partial charge in [-0.15, -0.1) is 12.4 Å². The zero-order chi connectivity index (χ0) is 10.7. The molecule has 2 N–H and O–H groups in total. The number of rotatable bonds is 5. The average molecular weight is 262 g/mol. The lowest BCUT2D eigenvalue weighted by molar-refractivity contribution is 0.0510. The lowest BCUT2D eigenvalue weighted by atomic mass is 10.1. The van der Waals surface area contributed by atoms with Crippen LogP contribution in [-0.2, 0) is 4.74 Å². The van der Waals surface area contributed by atoms with Crippen LogP contribution in [0.5, 0.6) is 0 Å². The zero-order valence-electron chi connectivity index (χ0n) is 9.06. The van der Waals surface area contributed by atoms with E-state index in [0.29, 0.717) is 6.54 Å². The molecular formula is C12H17Cl2NO. The van der Waals surface area contributed by atoms with Crippen LogP contribution in [0, 0.1) is 5.92 Å². The van der Waals surface area contributed by atoms with Crippen LogP contribution in [0.1, 0.15) is 24.5 Å². The van der Waals surface area contributed by atoms with Crippen molar-refractivity contribution in [3.8, 4) is 0 Å². The van der Waals surface area contributed by atoms with E-state index in [1.807, 2.05) is 24.3 Å². The van der Waals surface area contributed by atoms with Crippen molar-refractivity contribution >= 4 is 24.0 Å². The van der Waals surface area contributed by atoms with Gasteiger partial charge < -0.3 is 10.5 Å². The van der Waals surface area contributed by atoms with E-state index >= 15 is 0 Å². The average Bonchev–Trinajstić information content (AvgIpc) is 3.05. The number of hydrogen-bond donors (Lipinski definition) is 1. The summed E-state index contributed by atoms with van der Waals surface area (Å²) in [5.41, 5.74) is 6.80. The fourth-order valence-electron chi connectivity index (χ4n) is 1.51. The minimum Gasteiger partial charge on any atom is -0.372 e. The summed E-state index contributed by atoms with van der Waals surface area (Å²) in [6.45, 7) is 1.36. The third-order valence-electron chi connectivity index (χ3n) is 2.69. The smallest absolute Gasteiger partial charge is 0.0947 e. The van der Waals surface area contributed by atoms with Crippen LogP contribution in [0.25, 0.3) is 0 Å². The summed E-state index contributed by atoms with van der Waals surface area (Å²) in [5, 5.41) is 0.747. The van der Waals surface area contributed by atoms with Crippen molar-refractivity contribution in [1.29, 1.82) is 0 Å². The molecule has 0 aromatic heterocycles. The molecular weight excluding hydrogens is 245 g/mol. The highest BCUT2D eigenvalue weighted by Gasteiger charge is 2.23. The first-order chi connectivity index (χ1) is 7.29. The van der Waals surface area contributed by atoms with Gasteiger partial charge in [0.15, 0.2) is 0 Å². The molecule has 2 rings (SSSR count). The summed E-state index contributed by atoms with van der Waals surface area (Å²) in [4.78, 5) is 0. The van der Waals surface area contributed by atoms with Crippen molar-refractivity contribution in [3.63, 3.8) is 0 Å². The van der Waals surface area contributed by atoms with E-state index in [0.717, 1.165) is 23.1 Å². The van der Waals surface area contributed by atoms with Crippen LogP contribution in [0.2, 0.25) is 5.02 Å². The third-order valence-corrected chi connectivity index (χ3v) is 2.94. The first-order valence-electron chi connectivity index (χ1n) is 5.36. The summed E-state index contributed by atoms with van der Waals surface area (Å²) >= 11 is 5.82. The molecule has 1 fully saturated rings. The molecule has 1 saturated carbocycles. The molecule has 2 nitrogen and oxygen atoms in total. The Kier molecular flexibility index (Phi) is 5.56. The van der Waals surface area contributed by atoms with Crippen molar-refractivity contribution < 1.29 is 4.74 Å². The highest BCUT2D eigenvalue weighted by molar-refractivity contribution is 6.30. The monoisotopic (exact) mass is 261 g/mol. The van der Waals surface area contributed by atoms with Gasteiger partial charge in [0.25, 0.3) is 0 Å². The summed E-state index contributed by atoms with van der Waals surface area (Å²) in [6, 6.07) is 7.71. The minimum absolute atomic E-state index is 0. The van der Waals surface area contributed by atoms with E-state index in [9.17, 15) is 0 Å². The van der Waals surface area contributed by atoms with Gasteiger partial charge >= 0.3 is 0 Å². The van der Waals surface area contributed by atoms with Gasteiger partial charge in [0.2, 0.25) is 0 Å². The Balaban J connectivity index is 0.00000128. The third kappa shape index (κ3) is 3.95. The van der Waals surface area contributed by atoms with Crippen LogP contribution in [-0.4, -0.2) is 13.2 Å². The van der Waals surface area contributed by atoms with Crippen LogP contribution >= 0.6 is 24.0 Å². The molecule has 0 heterocycles. The summed E-state index contributed by atoms with van der Waals surface area (Å²) < 4.78 is 5.77. The predicted octanol–water partition coefficient (Wildman–Crippen LogP) is 3.19. The summed E-state index contributed by atoms with van der Waals surface area (Å²) in [6.07, 6.45) is 2.62. The van der Waals surface area contributed by atoms with Gasteiger partial charge in [0.05, 0.1) is 12.7 Å². The zero-order valence-corrected chi connectivity index (χ0v) is 10.6. The molecule has 0 amide bonds. The standard InChI is InChI=1S/C12H16ClNO.ClH/c13-11-5-3-10(4-6-11)12(7-14)15-8-9-1-2-9;/h3-6,9,12H,1-2,7-8,14H2;1H. The molecule has 1 aromatic rings. The molecule has 0 bridgehead atoms. The van der Waals surface area contributed by atoms with Crippen molar-refractivity contribution in [2.24, 2.45) is 11.7 Å². The van der Waals surface area contributed by atoms with E-state index in [-0.39, 0.29) is 18.5 Å². The van der Waals surface area contributed by atoms with Crippen molar-refractivity contribution in [2.45, 2.75) is 18.9 Å². The Hall–Kier alpha value is -0.280. The minimum atomic E-state index is 0. The Labute approximate surface area is 108 Å². The van der Waals surface area contributed by atoms with Crippen LogP contribution in [0.3, 0.4) is 0 Å². The quantitative estimate of drug-likeness (QED) is 0.884. The lowest BCUT2D eigenvalue weighted by Crippen LogP contribution is -2.16. The van der Waals surface area contributed by atoms with Gasteiger partial charge in [-0.2, -0.15) is 0 Å². The Morgan fingerprint density at radius 2 is 1.94 bits per heavy atom. The summed E-state index contributed by atoms with van der Waals surface area (Å²) in [5.74, 6) is 0.770. The number of nitrogens with two attached hydrogens (primary N) is 1. The maximum atomic E-state index is 5.82. The van der Waals surface area contributed by atoms with Crippen molar-refractivity contribution in [1.82, 2.24) is 0 Å². The van der Waals surface area contributed by atoms with E-state index in [1.54, 1.807) is 0 Å². The normalized spacial score (nSPS) is 16.6. The topological polar surface area (TPSA) is 35.2 Å². The SMILES string of the molecule is Cl.NCC(OCC1CC1)c1ccc(Cl)cc1. The molecule has 16 heavy (non-hydrogen) atoms. The molecule has 0 saturated heterocycles. The Morgan fingerprint density at radius 1 is 1.31 bits per heavy atom. The largest absolute Gasteiger partial charge is 0.372 e. The second-order valence-corrected chi connectivity index (χ2v) is 4.49. The fraction of sp³-hybridized carbons (Fsp3) is 0.500. The van der Waals surface area contributed by atoms with Gasteiger partial charge in [-0.3, -0.25) is 0 Å². The maximum Gasteiger partial charge on any atom is 0.0947 e. The van der Waals surface area contributed by atoms with Crippen molar-refractivity contribution in [3.05, 3.63) is 34.9 Å². The Bertz CT molecular complexity index is 311. The van der Waals surface area contributed by atoms with Crippen LogP contribution < -0.4 is 5.73 Å². The molecule has 1 atom stereocenters. The maximum absolute atomic E-state index is 5.82. The first kappa shape index (κ1) is 13.8. The van der Waals surface area contributed by atoms with Crippen LogP contribution in [0.4, 0.5) is 0 Å². The van der Waals surface area contributed by atoms with E-state index in [2.05, 4.69) is 0 Å². The number of ether oxygens (including phenoxy) is 1. The lowest BCUT2D eigenvalue weighted by Gasteiger charge is -2.16. The second-order valence-electron chi connectivity index (χ2n) is 4.05. The molecule has 0 radical (unpaired) electrons. The highest BCUT2D eigenvalue weighted by Crippen LogP contribution is 2.31. The van der Waals surface area contributed by atoms with Crippen LogP contribution in [0.15, 0.2) is 24.3 Å². The highest BCUT2D eigenvalue weighted by atomic mass is 35.5. The van der Waals surface area contributed by atoms with Gasteiger partial charge in [0, 0.05) is 11.6 Å². The predicted molar refractivity (Wildman–Crippen MR) is 69.2 cm³/mol. The Morgan fingerprint density at radius 3 is 2.44 bits per heavy atom. The fourth-order valence-corrected chi connectivity index (χ4v) is 1.64.